The van der Waals surface area contributed by atoms with Crippen molar-refractivity contribution in [2.45, 2.75) is 51.0 Å². The van der Waals surface area contributed by atoms with Crippen LogP contribution in [0.25, 0.3) is 0 Å². The molecular formula is C21H26N5O4S-. The van der Waals surface area contributed by atoms with Gasteiger partial charge in [-0.1, -0.05) is 6.07 Å². The highest BCUT2D eigenvalue weighted by atomic mass is 32.2. The smallest absolute Gasteiger partial charge is 0.345 e. The van der Waals surface area contributed by atoms with Crippen molar-refractivity contribution < 1.29 is 18.3 Å². The van der Waals surface area contributed by atoms with Crippen LogP contribution in [0.1, 0.15) is 41.5 Å². The van der Waals surface area contributed by atoms with Crippen LogP contribution in [-0.2, 0) is 47.7 Å². The number of aryl methyl sites for hydroxylation is 3. The van der Waals surface area contributed by atoms with Gasteiger partial charge in [-0.15, -0.1) is 4.40 Å². The van der Waals surface area contributed by atoms with Gasteiger partial charge in [0.05, 0.1) is 30.6 Å². The number of fused-ring (bicyclic) bond motifs is 2. The Hall–Kier alpha value is -2.59. The van der Waals surface area contributed by atoms with E-state index in [2.05, 4.69) is 20.9 Å². The lowest BCUT2D eigenvalue weighted by molar-refractivity contribution is -0.213. The Kier molecular flexibility index (Phi) is 5.13. The van der Waals surface area contributed by atoms with E-state index in [1.165, 1.54) is 22.0 Å². The van der Waals surface area contributed by atoms with Gasteiger partial charge in [0.1, 0.15) is 0 Å². The van der Waals surface area contributed by atoms with E-state index in [1.807, 2.05) is 0 Å². The first-order chi connectivity index (χ1) is 14.9. The van der Waals surface area contributed by atoms with Crippen LogP contribution < -0.4 is 14.7 Å². The zero-order valence-corrected chi connectivity index (χ0v) is 18.3. The molecule has 2 heterocycles. The minimum atomic E-state index is -4.28. The van der Waals surface area contributed by atoms with Crippen LogP contribution in [0.2, 0.25) is 0 Å². The molecule has 2 aliphatic carbocycles. The lowest BCUT2D eigenvalue weighted by Crippen LogP contribution is -2.41. The van der Waals surface area contributed by atoms with Crippen molar-refractivity contribution in [3.05, 3.63) is 40.7 Å². The van der Waals surface area contributed by atoms with Crippen molar-refractivity contribution in [3.8, 4) is 0 Å². The summed E-state index contributed by atoms with van der Waals surface area (Å²) in [6.07, 6.45) is 9.47. The van der Waals surface area contributed by atoms with Crippen LogP contribution >= 0.6 is 0 Å². The van der Waals surface area contributed by atoms with E-state index in [1.54, 1.807) is 13.2 Å². The van der Waals surface area contributed by atoms with Gasteiger partial charge in [0.2, 0.25) is 0 Å². The van der Waals surface area contributed by atoms with Crippen molar-refractivity contribution in [1.82, 2.24) is 9.78 Å². The lowest BCUT2D eigenvalue weighted by Gasteiger charge is -2.27. The molecule has 0 amide bonds. The summed E-state index contributed by atoms with van der Waals surface area (Å²) in [6.45, 7) is 0.719. The van der Waals surface area contributed by atoms with E-state index in [4.69, 9.17) is 4.74 Å². The van der Waals surface area contributed by atoms with Gasteiger partial charge in [0.15, 0.2) is 0 Å². The number of amidine groups is 1. The molecule has 10 heteroatoms. The van der Waals surface area contributed by atoms with Crippen molar-refractivity contribution >= 4 is 27.6 Å². The summed E-state index contributed by atoms with van der Waals surface area (Å²) in [5.41, 5.74) is 5.95. The lowest BCUT2D eigenvalue weighted by atomic mass is 9.99. The Labute approximate surface area is 181 Å². The molecule has 2 aromatic rings. The molecule has 3 aliphatic rings. The summed E-state index contributed by atoms with van der Waals surface area (Å²) in [6, 6.07) is 0.983. The molecule has 1 atom stereocenters. The first kappa shape index (κ1) is 20.3. The topological polar surface area (TPSA) is 112 Å². The quantitative estimate of drug-likeness (QED) is 0.545. The molecule has 1 aromatic carbocycles. The van der Waals surface area contributed by atoms with Crippen LogP contribution in [0.3, 0.4) is 0 Å². The second kappa shape index (κ2) is 7.83. The summed E-state index contributed by atoms with van der Waals surface area (Å²) in [5, 5.41) is 19.8. The van der Waals surface area contributed by atoms with Crippen molar-refractivity contribution in [3.63, 3.8) is 0 Å². The molecule has 0 radical (unpaired) electrons. The van der Waals surface area contributed by atoms with Gasteiger partial charge in [0.25, 0.3) is 0 Å². The molecule has 1 aromatic heterocycles. The maximum atomic E-state index is 13.2. The third-order valence-electron chi connectivity index (χ3n) is 6.33. The van der Waals surface area contributed by atoms with Gasteiger partial charge in [-0.25, -0.2) is 4.31 Å². The highest BCUT2D eigenvalue weighted by Crippen LogP contribution is 2.38. The Morgan fingerprint density at radius 3 is 2.55 bits per heavy atom. The van der Waals surface area contributed by atoms with Gasteiger partial charge >= 0.3 is 10.2 Å². The SMILES string of the molecule is Cn1cc(N(C2CCOC2)S(=O)(=O)/N=C(\[O-])Nc2c3c(cc4c2CCC4)CCC3)cn1. The third-order valence-corrected chi connectivity index (χ3v) is 7.74. The zero-order valence-electron chi connectivity index (χ0n) is 17.5. The predicted octanol–water partition coefficient (Wildman–Crippen LogP) is 1.07. The molecule has 1 unspecified atom stereocenters. The predicted molar refractivity (Wildman–Crippen MR) is 115 cm³/mol. The molecule has 0 bridgehead atoms. The van der Waals surface area contributed by atoms with Gasteiger partial charge in [0, 0.05) is 25.5 Å². The minimum absolute atomic E-state index is 0.255. The molecule has 1 fully saturated rings. The Balaban J connectivity index is 1.48. The number of hydrogen-bond donors (Lipinski definition) is 1. The van der Waals surface area contributed by atoms with Crippen LogP contribution in [-0.4, -0.2) is 43.5 Å². The average molecular weight is 445 g/mol. The number of benzene rings is 1. The van der Waals surface area contributed by atoms with E-state index in [9.17, 15) is 13.5 Å². The molecule has 166 valence electrons. The third kappa shape index (κ3) is 3.78. The van der Waals surface area contributed by atoms with Crippen LogP contribution in [0.15, 0.2) is 22.9 Å². The van der Waals surface area contributed by atoms with Crippen molar-refractivity contribution in [2.75, 3.05) is 22.8 Å². The maximum Gasteiger partial charge on any atom is 0.345 e. The molecule has 31 heavy (non-hydrogen) atoms. The zero-order chi connectivity index (χ0) is 21.6. The summed E-state index contributed by atoms with van der Waals surface area (Å²) in [5.74, 6) is 0. The normalized spacial score (nSPS) is 20.7. The molecule has 0 spiro atoms. The van der Waals surface area contributed by atoms with Crippen LogP contribution in [0.5, 0.6) is 0 Å². The standard InChI is InChI=1S/C21H27N5O4S/c1-25-12-17(11-22-25)26(16-8-9-30-13-16)31(28,29)24-21(27)23-20-18-6-2-4-14(18)10-15-5-3-7-19(15)20/h10-12,16H,2-9,13H2,1H3,(H2,23,24,27)/p-1. The number of rotatable bonds is 5. The van der Waals surface area contributed by atoms with E-state index in [-0.39, 0.29) is 6.61 Å². The van der Waals surface area contributed by atoms with Gasteiger partial charge < -0.3 is 15.2 Å². The second-order valence-corrected chi connectivity index (χ2v) is 9.89. The fourth-order valence-corrected chi connectivity index (χ4v) is 6.25. The fourth-order valence-electron chi connectivity index (χ4n) is 5.01. The van der Waals surface area contributed by atoms with Gasteiger partial charge in [-0.2, -0.15) is 13.5 Å². The number of aromatic nitrogens is 2. The van der Waals surface area contributed by atoms with Crippen molar-refractivity contribution in [2.24, 2.45) is 11.4 Å². The molecule has 1 aliphatic heterocycles. The monoisotopic (exact) mass is 444 g/mol. The summed E-state index contributed by atoms with van der Waals surface area (Å²) in [7, 11) is -2.57. The number of hydrogen-bond acceptors (Lipinski definition) is 5. The van der Waals surface area contributed by atoms with Gasteiger partial charge in [-0.05, 0) is 67.2 Å². The summed E-state index contributed by atoms with van der Waals surface area (Å²) < 4.78 is 38.1. The number of nitrogens with one attached hydrogen (secondary N) is 1. The molecule has 5 rings (SSSR count). The molecular weight excluding hydrogens is 418 g/mol. The van der Waals surface area contributed by atoms with E-state index >= 15 is 0 Å². The Morgan fingerprint density at radius 2 is 1.97 bits per heavy atom. The molecule has 1 N–H and O–H groups in total. The van der Waals surface area contributed by atoms with E-state index < -0.39 is 22.3 Å². The number of anilines is 2. The maximum absolute atomic E-state index is 13.2. The average Bonchev–Trinajstić information content (AvgIpc) is 3.48. The first-order valence-electron chi connectivity index (χ1n) is 10.7. The second-order valence-electron chi connectivity index (χ2n) is 8.42. The molecule has 1 saturated heterocycles. The fraction of sp³-hybridized carbons (Fsp3) is 0.524. The number of nitrogens with zero attached hydrogens (tertiary/aromatic N) is 4. The highest BCUT2D eigenvalue weighted by Gasteiger charge is 2.34. The van der Waals surface area contributed by atoms with Crippen molar-refractivity contribution in [1.29, 1.82) is 0 Å². The summed E-state index contributed by atoms with van der Waals surface area (Å²) in [4.78, 5) is 0. The first-order valence-corrected chi connectivity index (χ1v) is 12.1. The van der Waals surface area contributed by atoms with E-state index in [0.717, 1.165) is 59.6 Å². The molecule has 9 nitrogen and oxygen atoms in total. The van der Waals surface area contributed by atoms with Gasteiger partial charge in [-0.3, -0.25) is 4.68 Å². The largest absolute Gasteiger partial charge is 0.845 e. The molecule has 0 saturated carbocycles. The van der Waals surface area contributed by atoms with Crippen LogP contribution in [0, 0.1) is 0 Å². The minimum Gasteiger partial charge on any atom is -0.845 e. The Bertz CT molecular complexity index is 1100. The highest BCUT2D eigenvalue weighted by molar-refractivity contribution is 7.91. The Morgan fingerprint density at radius 1 is 1.26 bits per heavy atom. The number of ether oxygens (including phenoxy) is 1. The van der Waals surface area contributed by atoms with E-state index in [0.29, 0.717) is 18.7 Å². The van der Waals surface area contributed by atoms with Crippen LogP contribution in [0.4, 0.5) is 11.4 Å². The summed E-state index contributed by atoms with van der Waals surface area (Å²) >= 11 is 0.